The van der Waals surface area contributed by atoms with Crippen molar-refractivity contribution in [2.75, 3.05) is 5.75 Å². The number of hydrogen-bond donors (Lipinski definition) is 3. The van der Waals surface area contributed by atoms with E-state index in [0.717, 1.165) is 33.4 Å². The monoisotopic (exact) mass is 655 g/mol. The van der Waals surface area contributed by atoms with Crippen LogP contribution in [0.3, 0.4) is 0 Å². The molecular formula is C37H37NO8S. The van der Waals surface area contributed by atoms with E-state index in [0.29, 0.717) is 17.1 Å². The fourth-order valence-corrected chi connectivity index (χ4v) is 6.44. The molecule has 0 unspecified atom stereocenters. The van der Waals surface area contributed by atoms with E-state index >= 15 is 0 Å². The molecule has 0 aliphatic carbocycles. The van der Waals surface area contributed by atoms with Gasteiger partial charge in [-0.15, -0.1) is 11.8 Å². The molecule has 9 nitrogen and oxygen atoms in total. The summed E-state index contributed by atoms with van der Waals surface area (Å²) in [6.45, 7) is 3.01. The van der Waals surface area contributed by atoms with Crippen LogP contribution in [0.4, 0.5) is 0 Å². The fraction of sp³-hybridized carbons (Fsp3) is 0.270. The molecule has 0 aromatic heterocycles. The quantitative estimate of drug-likeness (QED) is 0.116. The van der Waals surface area contributed by atoms with E-state index in [9.17, 15) is 24.6 Å². The Kier molecular flexibility index (Phi) is 11.4. The van der Waals surface area contributed by atoms with Crippen LogP contribution in [-0.2, 0) is 37.0 Å². The predicted molar refractivity (Wildman–Crippen MR) is 177 cm³/mol. The standard InChI is InChI=1S/C37H37NO8S/c1-23(44-24(2)40)35(41)38-20-29-7-3-4-8-31(29)26-15-17-28(18-16-26)37-45-30(22-47-34-10-6-5-9-32(34)36(42)43)19-33(46-37)27-13-11-25(21-39)12-14-27/h3-18,23,30,33,37,39H,19-22H2,1-2H3,(H,38,41)(H,42,43)/t23-,30-,33+,37+/m0/s1. The Morgan fingerprint density at radius 2 is 1.60 bits per heavy atom. The first-order valence-electron chi connectivity index (χ1n) is 15.3. The van der Waals surface area contributed by atoms with Crippen LogP contribution in [0.25, 0.3) is 11.1 Å². The van der Waals surface area contributed by atoms with Crippen LogP contribution in [0.1, 0.15) is 65.3 Å². The predicted octanol–water partition coefficient (Wildman–Crippen LogP) is 6.45. The highest BCUT2D eigenvalue weighted by Crippen LogP contribution is 2.40. The third-order valence-corrected chi connectivity index (χ3v) is 9.04. The van der Waals surface area contributed by atoms with E-state index in [1.807, 2.05) is 78.9 Å². The van der Waals surface area contributed by atoms with E-state index in [4.69, 9.17) is 14.2 Å². The van der Waals surface area contributed by atoms with E-state index < -0.39 is 24.3 Å². The lowest BCUT2D eigenvalue weighted by Gasteiger charge is -2.36. The Bertz CT molecular complexity index is 1690. The van der Waals surface area contributed by atoms with Gasteiger partial charge in [0.25, 0.3) is 5.91 Å². The molecule has 47 heavy (non-hydrogen) atoms. The van der Waals surface area contributed by atoms with Crippen molar-refractivity contribution in [3.05, 3.63) is 125 Å². The smallest absolute Gasteiger partial charge is 0.336 e. The number of carbonyl (C=O) groups is 3. The van der Waals surface area contributed by atoms with E-state index in [1.165, 1.54) is 25.6 Å². The molecule has 1 aliphatic heterocycles. The van der Waals surface area contributed by atoms with Gasteiger partial charge in [-0.3, -0.25) is 9.59 Å². The second-order valence-corrected chi connectivity index (χ2v) is 12.3. The molecule has 1 amide bonds. The number of hydrogen-bond acceptors (Lipinski definition) is 8. The highest BCUT2D eigenvalue weighted by Gasteiger charge is 2.32. The number of benzene rings is 4. The number of thioether (sulfide) groups is 1. The molecular weight excluding hydrogens is 618 g/mol. The fourth-order valence-electron chi connectivity index (χ4n) is 5.38. The third kappa shape index (κ3) is 8.87. The minimum Gasteiger partial charge on any atom is -0.478 e. The number of aromatic carboxylic acids is 1. The number of rotatable bonds is 12. The first-order chi connectivity index (χ1) is 22.7. The van der Waals surface area contributed by atoms with Gasteiger partial charge in [0.1, 0.15) is 0 Å². The van der Waals surface area contributed by atoms with Crippen molar-refractivity contribution in [2.45, 2.75) is 62.9 Å². The average molecular weight is 656 g/mol. The molecule has 0 spiro atoms. The Labute approximate surface area is 277 Å². The van der Waals surface area contributed by atoms with Gasteiger partial charge in [-0.25, -0.2) is 4.79 Å². The molecule has 1 fully saturated rings. The summed E-state index contributed by atoms with van der Waals surface area (Å²) in [6.07, 6.45) is -1.50. The first-order valence-corrected chi connectivity index (χ1v) is 16.3. The lowest BCUT2D eigenvalue weighted by atomic mass is 9.97. The van der Waals surface area contributed by atoms with Crippen LogP contribution in [0.15, 0.2) is 102 Å². The topological polar surface area (TPSA) is 131 Å². The van der Waals surface area contributed by atoms with Gasteiger partial charge >= 0.3 is 11.9 Å². The van der Waals surface area contributed by atoms with Crippen LogP contribution >= 0.6 is 11.8 Å². The first kappa shape index (κ1) is 33.9. The molecule has 4 atom stereocenters. The van der Waals surface area contributed by atoms with Gasteiger partial charge in [0.05, 0.1) is 24.4 Å². The van der Waals surface area contributed by atoms with Crippen LogP contribution < -0.4 is 5.32 Å². The molecule has 0 saturated carbocycles. The molecule has 1 saturated heterocycles. The van der Waals surface area contributed by atoms with Crippen molar-refractivity contribution >= 4 is 29.6 Å². The highest BCUT2D eigenvalue weighted by molar-refractivity contribution is 7.99. The maximum atomic E-state index is 12.4. The number of nitrogens with one attached hydrogen (secondary N) is 1. The van der Waals surface area contributed by atoms with Gasteiger partial charge in [0, 0.05) is 36.1 Å². The highest BCUT2D eigenvalue weighted by atomic mass is 32.2. The van der Waals surface area contributed by atoms with Crippen molar-refractivity contribution in [3.8, 4) is 11.1 Å². The summed E-state index contributed by atoms with van der Waals surface area (Å²) in [5, 5.41) is 22.0. The number of ether oxygens (including phenoxy) is 3. The Balaban J connectivity index is 1.34. The SMILES string of the molecule is CC(=O)O[C@@H](C)C(=O)NCc1ccccc1-c1ccc([C@@H]2O[C@H](CSc3ccccc3C(=O)O)C[C@H](c3ccc(CO)cc3)O2)cc1. The van der Waals surface area contributed by atoms with Crippen LogP contribution in [0.5, 0.6) is 0 Å². The number of carbonyl (C=O) groups excluding carboxylic acids is 2. The lowest BCUT2D eigenvalue weighted by molar-refractivity contribution is -0.245. The summed E-state index contributed by atoms with van der Waals surface area (Å²) in [4.78, 5) is 36.1. The molecule has 10 heteroatoms. The van der Waals surface area contributed by atoms with Crippen molar-refractivity contribution < 1.29 is 38.8 Å². The summed E-state index contributed by atoms with van der Waals surface area (Å²) in [5.74, 6) is -1.33. The zero-order chi connectivity index (χ0) is 33.3. The van der Waals surface area contributed by atoms with Gasteiger partial charge in [0.15, 0.2) is 12.4 Å². The van der Waals surface area contributed by atoms with Gasteiger partial charge in [-0.2, -0.15) is 0 Å². The zero-order valence-electron chi connectivity index (χ0n) is 26.1. The van der Waals surface area contributed by atoms with Crippen molar-refractivity contribution in [3.63, 3.8) is 0 Å². The molecule has 4 aromatic carbocycles. The minimum atomic E-state index is -0.971. The summed E-state index contributed by atoms with van der Waals surface area (Å²) < 4.78 is 17.9. The Morgan fingerprint density at radius 3 is 2.30 bits per heavy atom. The van der Waals surface area contributed by atoms with E-state index in [1.54, 1.807) is 18.2 Å². The summed E-state index contributed by atoms with van der Waals surface area (Å²) in [7, 11) is 0. The average Bonchev–Trinajstić information content (AvgIpc) is 3.09. The van der Waals surface area contributed by atoms with Gasteiger partial charge < -0.3 is 29.7 Å². The number of carboxylic acid groups (broad SMARTS) is 1. The third-order valence-electron chi connectivity index (χ3n) is 7.83. The number of aliphatic hydroxyl groups is 1. The van der Waals surface area contributed by atoms with Crippen molar-refractivity contribution in [1.82, 2.24) is 5.32 Å². The van der Waals surface area contributed by atoms with Gasteiger partial charge in [-0.1, -0.05) is 84.9 Å². The van der Waals surface area contributed by atoms with Crippen molar-refractivity contribution in [2.24, 2.45) is 0 Å². The van der Waals surface area contributed by atoms with Crippen LogP contribution in [-0.4, -0.2) is 46.0 Å². The second-order valence-electron chi connectivity index (χ2n) is 11.2. The summed E-state index contributed by atoms with van der Waals surface area (Å²) in [6, 6.07) is 30.2. The lowest BCUT2D eigenvalue weighted by Crippen LogP contribution is -2.35. The minimum absolute atomic E-state index is 0.0466. The normalized spacial score (nSPS) is 18.2. The zero-order valence-corrected chi connectivity index (χ0v) is 26.9. The molecule has 0 radical (unpaired) electrons. The number of carboxylic acids is 1. The maximum absolute atomic E-state index is 12.4. The summed E-state index contributed by atoms with van der Waals surface area (Å²) >= 11 is 1.45. The van der Waals surface area contributed by atoms with Crippen LogP contribution in [0, 0.1) is 0 Å². The molecule has 0 bridgehead atoms. The maximum Gasteiger partial charge on any atom is 0.336 e. The molecule has 244 valence electrons. The number of esters is 1. The Morgan fingerprint density at radius 1 is 0.915 bits per heavy atom. The largest absolute Gasteiger partial charge is 0.478 e. The molecule has 5 rings (SSSR count). The molecule has 4 aromatic rings. The molecule has 1 heterocycles. The summed E-state index contributed by atoms with van der Waals surface area (Å²) in [5.41, 5.74) is 5.64. The van der Waals surface area contributed by atoms with Crippen LogP contribution in [0.2, 0.25) is 0 Å². The number of aliphatic hydroxyl groups excluding tert-OH is 1. The van der Waals surface area contributed by atoms with E-state index in [2.05, 4.69) is 5.32 Å². The van der Waals surface area contributed by atoms with Crippen molar-refractivity contribution in [1.29, 1.82) is 0 Å². The Hall–Kier alpha value is -4.48. The van der Waals surface area contributed by atoms with Gasteiger partial charge in [-0.05, 0) is 46.9 Å². The number of amides is 1. The second kappa shape index (κ2) is 15.9. The molecule has 3 N–H and O–H groups in total. The molecule has 1 aliphatic rings. The van der Waals surface area contributed by atoms with E-state index in [-0.39, 0.29) is 36.8 Å². The van der Waals surface area contributed by atoms with Gasteiger partial charge in [0.2, 0.25) is 0 Å².